The number of hydrogen-bond donors (Lipinski definition) is 0. The lowest BCUT2D eigenvalue weighted by atomic mass is 10.0. The average molecular weight is 205 g/mol. The molecule has 0 saturated carbocycles. The molecule has 1 atom stereocenters. The average Bonchev–Trinajstić information content (AvgIpc) is 2.64. The lowest BCUT2D eigenvalue weighted by Gasteiger charge is -2.36. The minimum Gasteiger partial charge on any atom is -0.368 e. The van der Waals surface area contributed by atoms with Crippen LogP contribution in [-0.4, -0.2) is 27.3 Å². The molecule has 1 aromatic rings. The minimum absolute atomic E-state index is 0.612. The number of aryl methyl sites for hydroxylation is 1. The summed E-state index contributed by atoms with van der Waals surface area (Å²) in [6.45, 7) is 7.61. The third kappa shape index (κ3) is 1.91. The van der Waals surface area contributed by atoms with Gasteiger partial charge in [-0.05, 0) is 32.3 Å². The molecule has 0 aliphatic carbocycles. The quantitative estimate of drug-likeness (QED) is 0.738. The highest BCUT2D eigenvalue weighted by atomic mass is 15.3. The monoisotopic (exact) mass is 205 g/mol. The predicted molar refractivity (Wildman–Crippen MR) is 62.3 cm³/mol. The van der Waals surface area contributed by atoms with Gasteiger partial charge in [0, 0.05) is 25.8 Å². The third-order valence-corrected chi connectivity index (χ3v) is 3.27. The second kappa shape index (κ2) is 4.09. The molecule has 0 amide bonds. The van der Waals surface area contributed by atoms with Crippen LogP contribution in [0, 0.1) is 0 Å². The molecule has 3 heteroatoms. The van der Waals surface area contributed by atoms with Crippen molar-refractivity contribution in [1.82, 2.24) is 14.7 Å². The van der Waals surface area contributed by atoms with E-state index < -0.39 is 0 Å². The highest BCUT2D eigenvalue weighted by molar-refractivity contribution is 5.58. The first-order chi connectivity index (χ1) is 7.20. The Kier molecular flexibility index (Phi) is 2.80. The Morgan fingerprint density at radius 2 is 2.33 bits per heavy atom. The van der Waals surface area contributed by atoms with Crippen LogP contribution in [0.4, 0.5) is 0 Å². The van der Waals surface area contributed by atoms with E-state index in [0.717, 1.165) is 17.9 Å². The lowest BCUT2D eigenvalue weighted by molar-refractivity contribution is 0.243. The molecule has 15 heavy (non-hydrogen) atoms. The van der Waals surface area contributed by atoms with Crippen LogP contribution in [0.25, 0.3) is 5.70 Å². The van der Waals surface area contributed by atoms with Crippen molar-refractivity contribution in [3.05, 3.63) is 24.5 Å². The lowest BCUT2D eigenvalue weighted by Crippen LogP contribution is -2.36. The Labute approximate surface area is 91.4 Å². The summed E-state index contributed by atoms with van der Waals surface area (Å²) in [7, 11) is 1.97. The topological polar surface area (TPSA) is 21.1 Å². The van der Waals surface area contributed by atoms with E-state index in [1.54, 1.807) is 0 Å². The molecule has 1 aromatic heterocycles. The summed E-state index contributed by atoms with van der Waals surface area (Å²) in [5.41, 5.74) is 2.24. The summed E-state index contributed by atoms with van der Waals surface area (Å²) >= 11 is 0. The second-order valence-electron chi connectivity index (χ2n) is 4.32. The van der Waals surface area contributed by atoms with Gasteiger partial charge in [-0.2, -0.15) is 5.10 Å². The molecule has 0 N–H and O–H groups in total. The summed E-state index contributed by atoms with van der Waals surface area (Å²) in [6, 6.07) is 2.64. The van der Waals surface area contributed by atoms with E-state index in [2.05, 4.69) is 23.5 Å². The first-order valence-electron chi connectivity index (χ1n) is 5.64. The zero-order chi connectivity index (χ0) is 10.8. The molecule has 1 saturated heterocycles. The molecular weight excluding hydrogens is 186 g/mol. The molecule has 3 nitrogen and oxygen atoms in total. The number of rotatable bonds is 2. The fourth-order valence-corrected chi connectivity index (χ4v) is 2.30. The van der Waals surface area contributed by atoms with Gasteiger partial charge in [-0.25, -0.2) is 0 Å². The number of piperidine rings is 1. The summed E-state index contributed by atoms with van der Waals surface area (Å²) < 4.78 is 1.89. The van der Waals surface area contributed by atoms with Crippen molar-refractivity contribution >= 4 is 5.70 Å². The molecule has 1 aliphatic heterocycles. The maximum Gasteiger partial charge on any atom is 0.0833 e. The van der Waals surface area contributed by atoms with Gasteiger partial charge >= 0.3 is 0 Å². The first kappa shape index (κ1) is 10.3. The summed E-state index contributed by atoms with van der Waals surface area (Å²) in [6.07, 6.45) is 5.73. The molecule has 0 aromatic carbocycles. The van der Waals surface area contributed by atoms with Crippen LogP contribution in [0.1, 0.15) is 31.9 Å². The largest absolute Gasteiger partial charge is 0.368 e. The molecule has 1 fully saturated rings. The van der Waals surface area contributed by atoms with Gasteiger partial charge in [0.1, 0.15) is 0 Å². The van der Waals surface area contributed by atoms with E-state index in [0.29, 0.717) is 6.04 Å². The molecule has 0 bridgehead atoms. The molecular formula is C12H19N3. The maximum absolute atomic E-state index is 4.20. The number of aromatic nitrogens is 2. The molecule has 0 unspecified atom stereocenters. The Morgan fingerprint density at radius 1 is 1.53 bits per heavy atom. The van der Waals surface area contributed by atoms with Crippen LogP contribution >= 0.6 is 0 Å². The molecule has 0 spiro atoms. The van der Waals surface area contributed by atoms with Crippen LogP contribution in [0.3, 0.4) is 0 Å². The van der Waals surface area contributed by atoms with Gasteiger partial charge < -0.3 is 4.90 Å². The Hall–Kier alpha value is -1.25. The third-order valence-electron chi connectivity index (χ3n) is 3.27. The second-order valence-corrected chi connectivity index (χ2v) is 4.32. The van der Waals surface area contributed by atoms with Gasteiger partial charge in [0.25, 0.3) is 0 Å². The standard InChI is InChI=1S/C12H19N3/c1-10-6-4-5-9-15(10)11(2)12-7-8-13-14(12)3/h7-8,10H,2,4-6,9H2,1,3H3/t10-/m0/s1. The van der Waals surface area contributed by atoms with Crippen LogP contribution < -0.4 is 0 Å². The number of likely N-dealkylation sites (tertiary alicyclic amines) is 1. The van der Waals surface area contributed by atoms with Crippen LogP contribution in [0.5, 0.6) is 0 Å². The fourth-order valence-electron chi connectivity index (χ4n) is 2.30. The van der Waals surface area contributed by atoms with Gasteiger partial charge in [-0.15, -0.1) is 0 Å². The Balaban J connectivity index is 2.17. The zero-order valence-electron chi connectivity index (χ0n) is 9.61. The summed E-state index contributed by atoms with van der Waals surface area (Å²) in [5.74, 6) is 0. The van der Waals surface area contributed by atoms with Crippen molar-refractivity contribution in [2.45, 2.75) is 32.2 Å². The van der Waals surface area contributed by atoms with E-state index in [9.17, 15) is 0 Å². The fraction of sp³-hybridized carbons (Fsp3) is 0.583. The Bertz CT molecular complexity index is 354. The van der Waals surface area contributed by atoms with Crippen molar-refractivity contribution in [2.24, 2.45) is 7.05 Å². The molecule has 82 valence electrons. The van der Waals surface area contributed by atoms with E-state index in [-0.39, 0.29) is 0 Å². The normalized spacial score (nSPS) is 21.7. The van der Waals surface area contributed by atoms with Crippen molar-refractivity contribution in [2.75, 3.05) is 6.54 Å². The van der Waals surface area contributed by atoms with Crippen molar-refractivity contribution in [1.29, 1.82) is 0 Å². The van der Waals surface area contributed by atoms with Gasteiger partial charge in [0.15, 0.2) is 0 Å². The van der Waals surface area contributed by atoms with Gasteiger partial charge in [-0.1, -0.05) is 6.58 Å². The predicted octanol–water partition coefficient (Wildman–Crippen LogP) is 2.27. The van der Waals surface area contributed by atoms with Crippen LogP contribution in [0.15, 0.2) is 18.8 Å². The number of nitrogens with zero attached hydrogens (tertiary/aromatic N) is 3. The maximum atomic E-state index is 4.20. The van der Waals surface area contributed by atoms with Crippen LogP contribution in [-0.2, 0) is 7.05 Å². The minimum atomic E-state index is 0.612. The van der Waals surface area contributed by atoms with Gasteiger partial charge in [-0.3, -0.25) is 4.68 Å². The smallest absolute Gasteiger partial charge is 0.0833 e. The van der Waals surface area contributed by atoms with E-state index in [4.69, 9.17) is 0 Å². The molecule has 2 rings (SSSR count). The summed E-state index contributed by atoms with van der Waals surface area (Å²) in [5, 5.41) is 4.19. The molecule has 1 aliphatic rings. The van der Waals surface area contributed by atoms with E-state index >= 15 is 0 Å². The number of hydrogen-bond acceptors (Lipinski definition) is 2. The highest BCUT2D eigenvalue weighted by Crippen LogP contribution is 2.25. The molecule has 0 radical (unpaired) electrons. The van der Waals surface area contributed by atoms with E-state index in [1.807, 2.05) is 24.0 Å². The Morgan fingerprint density at radius 3 is 2.93 bits per heavy atom. The summed E-state index contributed by atoms with van der Waals surface area (Å²) in [4.78, 5) is 2.40. The van der Waals surface area contributed by atoms with Gasteiger partial charge in [0.2, 0.25) is 0 Å². The van der Waals surface area contributed by atoms with Crippen LogP contribution in [0.2, 0.25) is 0 Å². The molecule has 2 heterocycles. The van der Waals surface area contributed by atoms with Gasteiger partial charge in [0.05, 0.1) is 11.4 Å². The van der Waals surface area contributed by atoms with Crippen molar-refractivity contribution < 1.29 is 0 Å². The SMILES string of the molecule is C=C(c1ccnn1C)N1CCCC[C@@H]1C. The highest BCUT2D eigenvalue weighted by Gasteiger charge is 2.21. The van der Waals surface area contributed by atoms with Crippen molar-refractivity contribution in [3.63, 3.8) is 0 Å². The van der Waals surface area contributed by atoms with E-state index in [1.165, 1.54) is 19.3 Å². The van der Waals surface area contributed by atoms with Crippen molar-refractivity contribution in [3.8, 4) is 0 Å². The first-order valence-corrected chi connectivity index (χ1v) is 5.64. The zero-order valence-corrected chi connectivity index (χ0v) is 9.61.